The fourth-order valence-electron chi connectivity index (χ4n) is 11.3. The van der Waals surface area contributed by atoms with Crippen molar-refractivity contribution in [3.05, 3.63) is 24.3 Å². The Morgan fingerprint density at radius 1 is 0.333 bits per heavy atom. The van der Waals surface area contributed by atoms with Crippen molar-refractivity contribution in [3.63, 3.8) is 0 Å². The number of phosphoric acid groups is 2. The Labute approximate surface area is 586 Å². The number of hydrogen-bond acceptors (Lipinski definition) is 15. The van der Waals surface area contributed by atoms with Crippen molar-refractivity contribution in [1.29, 1.82) is 0 Å². The van der Waals surface area contributed by atoms with Crippen LogP contribution in [0.3, 0.4) is 0 Å². The largest absolute Gasteiger partial charge is 0.472 e. The number of carbonyl (C=O) groups is 4. The molecule has 19 heteroatoms. The van der Waals surface area contributed by atoms with Crippen LogP contribution in [0.1, 0.15) is 381 Å². The molecule has 6 atom stereocenters. The highest BCUT2D eigenvalue weighted by molar-refractivity contribution is 7.47. The van der Waals surface area contributed by atoms with Crippen molar-refractivity contribution in [1.82, 2.24) is 0 Å². The molecule has 0 saturated heterocycles. The van der Waals surface area contributed by atoms with E-state index in [-0.39, 0.29) is 25.7 Å². The molecule has 0 aliphatic rings. The summed E-state index contributed by atoms with van der Waals surface area (Å²) in [6.07, 6.45) is 61.8. The van der Waals surface area contributed by atoms with Crippen LogP contribution in [0.15, 0.2) is 24.3 Å². The third-order valence-corrected chi connectivity index (χ3v) is 19.7. The van der Waals surface area contributed by atoms with Gasteiger partial charge in [0.15, 0.2) is 12.2 Å². The van der Waals surface area contributed by atoms with E-state index in [1.165, 1.54) is 186 Å². The second-order valence-corrected chi connectivity index (χ2v) is 30.2. The van der Waals surface area contributed by atoms with E-state index in [2.05, 4.69) is 58.9 Å². The van der Waals surface area contributed by atoms with Gasteiger partial charge in [-0.15, -0.1) is 0 Å². The summed E-state index contributed by atoms with van der Waals surface area (Å²) in [4.78, 5) is 72.8. The molecule has 0 amide bonds. The summed E-state index contributed by atoms with van der Waals surface area (Å²) in [5.41, 5.74) is 0. The van der Waals surface area contributed by atoms with Crippen LogP contribution in [0, 0.1) is 5.92 Å². The van der Waals surface area contributed by atoms with Gasteiger partial charge in [-0.05, 0) is 57.3 Å². The first-order chi connectivity index (χ1) is 46.6. The molecule has 0 saturated carbocycles. The number of aliphatic hydroxyl groups excluding tert-OH is 1. The van der Waals surface area contributed by atoms with E-state index in [1.54, 1.807) is 0 Å². The zero-order chi connectivity index (χ0) is 70.5. The Balaban J connectivity index is 5.27. The first kappa shape index (κ1) is 93.5. The number of allylic oxidation sites excluding steroid dienone is 4. The lowest BCUT2D eigenvalue weighted by Gasteiger charge is -2.21. The van der Waals surface area contributed by atoms with E-state index in [1.807, 2.05) is 0 Å². The molecule has 0 aromatic rings. The second-order valence-electron chi connectivity index (χ2n) is 27.3. The summed E-state index contributed by atoms with van der Waals surface area (Å²) in [7, 11) is -9.92. The van der Waals surface area contributed by atoms with E-state index in [4.69, 9.17) is 37.0 Å². The maximum Gasteiger partial charge on any atom is 0.472 e. The van der Waals surface area contributed by atoms with Gasteiger partial charge in [0.1, 0.15) is 19.3 Å². The van der Waals surface area contributed by atoms with Gasteiger partial charge in [-0.3, -0.25) is 37.3 Å². The monoisotopic (exact) mass is 1410 g/mol. The predicted octanol–water partition coefficient (Wildman–Crippen LogP) is 22.4. The van der Waals surface area contributed by atoms with Gasteiger partial charge in [-0.1, -0.05) is 329 Å². The zero-order valence-electron chi connectivity index (χ0n) is 62.0. The van der Waals surface area contributed by atoms with E-state index in [0.717, 1.165) is 115 Å². The van der Waals surface area contributed by atoms with Crippen LogP contribution in [-0.2, 0) is 65.4 Å². The van der Waals surface area contributed by atoms with E-state index in [0.29, 0.717) is 25.7 Å². The lowest BCUT2D eigenvalue weighted by Crippen LogP contribution is -2.30. The predicted molar refractivity (Wildman–Crippen MR) is 391 cm³/mol. The van der Waals surface area contributed by atoms with Crippen molar-refractivity contribution in [2.75, 3.05) is 39.6 Å². The highest BCUT2D eigenvalue weighted by Gasteiger charge is 2.30. The van der Waals surface area contributed by atoms with Crippen molar-refractivity contribution in [3.8, 4) is 0 Å². The van der Waals surface area contributed by atoms with Crippen LogP contribution < -0.4 is 0 Å². The summed E-state index contributed by atoms with van der Waals surface area (Å²) in [5.74, 6) is -1.38. The first-order valence-electron chi connectivity index (χ1n) is 39.5. The minimum absolute atomic E-state index is 0.102. The second kappa shape index (κ2) is 69.6. The number of esters is 4. The third kappa shape index (κ3) is 68.7. The zero-order valence-corrected chi connectivity index (χ0v) is 63.8. The molecule has 0 aliphatic heterocycles. The lowest BCUT2D eigenvalue weighted by molar-refractivity contribution is -0.161. The van der Waals surface area contributed by atoms with Crippen LogP contribution in [0.4, 0.5) is 0 Å². The topological polar surface area (TPSA) is 237 Å². The van der Waals surface area contributed by atoms with E-state index in [9.17, 15) is 43.2 Å². The maximum absolute atomic E-state index is 13.1. The smallest absolute Gasteiger partial charge is 0.462 e. The molecule has 3 N–H and O–H groups in total. The lowest BCUT2D eigenvalue weighted by atomic mass is 9.99. The van der Waals surface area contributed by atoms with Gasteiger partial charge in [-0.25, -0.2) is 9.13 Å². The van der Waals surface area contributed by atoms with E-state index >= 15 is 0 Å². The normalized spacial score (nSPS) is 14.4. The fourth-order valence-corrected chi connectivity index (χ4v) is 12.9. The molecule has 0 aromatic heterocycles. The molecule has 0 aromatic carbocycles. The molecular weight excluding hydrogens is 1260 g/mol. The van der Waals surface area contributed by atoms with Gasteiger partial charge >= 0.3 is 39.5 Å². The third-order valence-electron chi connectivity index (χ3n) is 17.8. The van der Waals surface area contributed by atoms with Gasteiger partial charge < -0.3 is 33.8 Å². The summed E-state index contributed by atoms with van der Waals surface area (Å²) in [5, 5.41) is 10.6. The molecule has 0 bridgehead atoms. The molecule has 17 nitrogen and oxygen atoms in total. The molecule has 0 spiro atoms. The molecule has 0 heterocycles. The van der Waals surface area contributed by atoms with Gasteiger partial charge in [-0.2, -0.15) is 0 Å². The van der Waals surface area contributed by atoms with Gasteiger partial charge in [0.2, 0.25) is 0 Å². The Kier molecular flexibility index (Phi) is 67.8. The Morgan fingerprint density at radius 2 is 0.583 bits per heavy atom. The van der Waals surface area contributed by atoms with Crippen molar-refractivity contribution in [2.45, 2.75) is 400 Å². The van der Waals surface area contributed by atoms with Crippen molar-refractivity contribution >= 4 is 39.5 Å². The maximum atomic E-state index is 13.1. The van der Waals surface area contributed by atoms with Gasteiger partial charge in [0, 0.05) is 25.7 Å². The summed E-state index contributed by atoms with van der Waals surface area (Å²) in [6.45, 7) is 7.22. The van der Waals surface area contributed by atoms with Crippen molar-refractivity contribution < 1.29 is 80.2 Å². The number of ether oxygens (including phenoxy) is 4. The number of unbranched alkanes of at least 4 members (excludes halogenated alkanes) is 43. The van der Waals surface area contributed by atoms with Crippen LogP contribution in [0.2, 0.25) is 0 Å². The number of aliphatic hydroxyl groups is 1. The molecule has 566 valence electrons. The van der Waals surface area contributed by atoms with E-state index < -0.39 is 97.5 Å². The van der Waals surface area contributed by atoms with Gasteiger partial charge in [0.25, 0.3) is 0 Å². The Hall–Kier alpha value is -2.46. The highest BCUT2D eigenvalue weighted by Crippen LogP contribution is 2.45. The number of rotatable bonds is 75. The SMILES string of the molecule is CCCCCC/C=C\C=C/CCCCCCCC(=O)OC[C@H](COP(=O)(O)OC[C@@H](O)COP(=O)(O)OC[C@@H](COC(=O)CCCCCCCCCCCC)OC(=O)CCCCCCCCCCC(C)CC)OC(=O)CCCCCCCCCCCCCCCCCCCCC. The fraction of sp³-hybridized carbons (Fsp3) is 0.896. The molecule has 0 fully saturated rings. The summed E-state index contributed by atoms with van der Waals surface area (Å²) in [6, 6.07) is 0. The standard InChI is InChI=1S/C77H146O17P2/c1-6-10-13-16-19-22-25-27-29-30-31-32-34-36-38-41-47-52-57-62-76(81)93-72(66-88-75(80)61-56-51-46-40-37-35-33-28-26-23-20-17-14-11-7-2)68-91-95(83,84)89-64-71(78)65-90-96(85,86)92-69-73(67-87-74(79)60-55-50-45-39-24-21-18-15-12-8-3)94-77(82)63-58-53-48-43-42-44-49-54-59-70(5)9-4/h23,26,28,33,70-73,78H,6-22,24-25,27,29-32,34-69H2,1-5H3,(H,83,84)(H,85,86)/b26-23-,33-28-/t70?,71-,72-,73-/m1/s1. The Bertz CT molecular complexity index is 1940. The quantitative estimate of drug-likeness (QED) is 0.0169. The number of hydrogen-bond donors (Lipinski definition) is 3. The average molecular weight is 1410 g/mol. The first-order valence-corrected chi connectivity index (χ1v) is 42.5. The minimum Gasteiger partial charge on any atom is -0.462 e. The van der Waals surface area contributed by atoms with Crippen LogP contribution in [-0.4, -0.2) is 96.7 Å². The molecule has 0 radical (unpaired) electrons. The molecule has 96 heavy (non-hydrogen) atoms. The number of phosphoric ester groups is 2. The summed E-state index contributed by atoms with van der Waals surface area (Å²) < 4.78 is 68.5. The minimum atomic E-state index is -4.96. The Morgan fingerprint density at radius 3 is 0.885 bits per heavy atom. The van der Waals surface area contributed by atoms with Crippen LogP contribution >= 0.6 is 15.6 Å². The van der Waals surface area contributed by atoms with Gasteiger partial charge in [0.05, 0.1) is 26.4 Å². The number of carbonyl (C=O) groups excluding carboxylic acids is 4. The molecule has 3 unspecified atom stereocenters. The molecule has 0 aliphatic carbocycles. The average Bonchev–Trinajstić information content (AvgIpc) is 2.37. The molecule has 0 rings (SSSR count). The molecular formula is C77H146O17P2. The van der Waals surface area contributed by atoms with Crippen molar-refractivity contribution in [2.24, 2.45) is 5.92 Å². The van der Waals surface area contributed by atoms with Crippen LogP contribution in [0.5, 0.6) is 0 Å². The highest BCUT2D eigenvalue weighted by atomic mass is 31.2. The summed E-state index contributed by atoms with van der Waals surface area (Å²) >= 11 is 0. The van der Waals surface area contributed by atoms with Crippen LogP contribution in [0.25, 0.3) is 0 Å².